The van der Waals surface area contributed by atoms with Crippen LogP contribution >= 0.6 is 11.6 Å². The van der Waals surface area contributed by atoms with Crippen LogP contribution in [0.3, 0.4) is 0 Å². The van der Waals surface area contributed by atoms with Gasteiger partial charge in [-0.05, 0) is 19.3 Å². The number of halogens is 1. The van der Waals surface area contributed by atoms with Crippen molar-refractivity contribution in [3.8, 4) is 0 Å². The van der Waals surface area contributed by atoms with Crippen LogP contribution in [-0.2, 0) is 0 Å². The Hall–Kier alpha value is -1.11. The van der Waals surface area contributed by atoms with Gasteiger partial charge in [0.15, 0.2) is 5.82 Å². The predicted octanol–water partition coefficient (Wildman–Crippen LogP) is 0.990. The van der Waals surface area contributed by atoms with Crippen molar-refractivity contribution in [3.05, 3.63) is 11.2 Å². The smallest absolute Gasteiger partial charge is 0.239 e. The van der Waals surface area contributed by atoms with Gasteiger partial charge in [0.25, 0.3) is 0 Å². The molecular formula is C9H16ClN5O. The number of anilines is 2. The highest BCUT2D eigenvalue weighted by atomic mass is 35.5. The first kappa shape index (κ1) is 13.0. The third-order valence-electron chi connectivity index (χ3n) is 2.00. The fraction of sp³-hybridized carbons (Fsp3) is 0.556. The highest BCUT2D eigenvalue weighted by Crippen LogP contribution is 2.18. The maximum atomic E-state index is 8.61. The zero-order chi connectivity index (χ0) is 11.8. The molecule has 0 unspecified atom stereocenters. The molecule has 0 bridgehead atoms. The van der Waals surface area contributed by atoms with E-state index in [-0.39, 0.29) is 6.61 Å². The molecule has 0 aliphatic carbocycles. The Bertz CT molecular complexity index is 323. The van der Waals surface area contributed by atoms with Gasteiger partial charge in [0, 0.05) is 13.2 Å². The highest BCUT2D eigenvalue weighted by molar-refractivity contribution is 6.32. The first-order valence-corrected chi connectivity index (χ1v) is 5.49. The summed E-state index contributed by atoms with van der Waals surface area (Å²) in [5.41, 5.74) is 2.35. The third kappa shape index (κ3) is 4.18. The number of hydrazine groups is 1. The van der Waals surface area contributed by atoms with Crippen LogP contribution < -0.4 is 16.6 Å². The monoisotopic (exact) mass is 245 g/mol. The lowest BCUT2D eigenvalue weighted by molar-refractivity contribution is 0.283. The maximum absolute atomic E-state index is 8.61. The van der Waals surface area contributed by atoms with Gasteiger partial charge in [-0.3, -0.25) is 5.43 Å². The number of nitrogens with one attached hydrogen (secondary N) is 2. The standard InChI is InChI=1S/C9H16ClN5O/c10-7-6-13-9(15-11)14-8(7)12-4-2-1-3-5-16/h6,16H,1-5,11H2,(H2,12,13,14,15). The van der Waals surface area contributed by atoms with Crippen LogP contribution in [0.1, 0.15) is 19.3 Å². The number of aliphatic hydroxyl groups excluding tert-OH is 1. The summed E-state index contributed by atoms with van der Waals surface area (Å²) in [6.45, 7) is 0.982. The summed E-state index contributed by atoms with van der Waals surface area (Å²) < 4.78 is 0. The van der Waals surface area contributed by atoms with Crippen molar-refractivity contribution in [2.75, 3.05) is 23.9 Å². The summed E-state index contributed by atoms with van der Waals surface area (Å²) in [4.78, 5) is 7.93. The topological polar surface area (TPSA) is 96.1 Å². The van der Waals surface area contributed by atoms with Gasteiger partial charge in [-0.1, -0.05) is 11.6 Å². The van der Waals surface area contributed by atoms with Crippen molar-refractivity contribution >= 4 is 23.4 Å². The Morgan fingerprint density at radius 2 is 2.19 bits per heavy atom. The molecule has 5 N–H and O–H groups in total. The molecule has 1 aromatic heterocycles. The van der Waals surface area contributed by atoms with Crippen molar-refractivity contribution in [1.29, 1.82) is 0 Å². The molecule has 7 heteroatoms. The number of aliphatic hydroxyl groups is 1. The van der Waals surface area contributed by atoms with E-state index in [2.05, 4.69) is 20.7 Å². The molecule has 0 aliphatic rings. The van der Waals surface area contributed by atoms with Crippen molar-refractivity contribution in [3.63, 3.8) is 0 Å². The fourth-order valence-electron chi connectivity index (χ4n) is 1.18. The Morgan fingerprint density at radius 3 is 2.88 bits per heavy atom. The molecule has 0 fully saturated rings. The average Bonchev–Trinajstić information content (AvgIpc) is 2.31. The van der Waals surface area contributed by atoms with E-state index in [0.717, 1.165) is 25.8 Å². The third-order valence-corrected chi connectivity index (χ3v) is 2.28. The SMILES string of the molecule is NNc1ncc(Cl)c(NCCCCCO)n1. The van der Waals surface area contributed by atoms with Crippen molar-refractivity contribution < 1.29 is 5.11 Å². The van der Waals surface area contributed by atoms with Crippen LogP contribution in [-0.4, -0.2) is 28.2 Å². The van der Waals surface area contributed by atoms with Crippen LogP contribution in [0, 0.1) is 0 Å². The largest absolute Gasteiger partial charge is 0.396 e. The summed E-state index contributed by atoms with van der Waals surface area (Å²) >= 11 is 5.90. The molecule has 6 nitrogen and oxygen atoms in total. The second-order valence-corrected chi connectivity index (χ2v) is 3.65. The molecule has 0 saturated carbocycles. The molecule has 0 amide bonds. The van der Waals surface area contributed by atoms with Gasteiger partial charge in [0.05, 0.1) is 6.20 Å². The van der Waals surface area contributed by atoms with E-state index in [0.29, 0.717) is 16.8 Å². The zero-order valence-corrected chi connectivity index (χ0v) is 9.67. The Labute approximate surface area is 99.2 Å². The Kier molecular flexibility index (Phi) is 5.84. The van der Waals surface area contributed by atoms with Gasteiger partial charge in [-0.15, -0.1) is 0 Å². The molecule has 0 saturated heterocycles. The maximum Gasteiger partial charge on any atom is 0.239 e. The molecule has 0 aromatic carbocycles. The number of rotatable bonds is 7. The number of unbranched alkanes of at least 4 members (excludes halogenated alkanes) is 2. The van der Waals surface area contributed by atoms with Gasteiger partial charge in [0.2, 0.25) is 5.95 Å². The van der Waals surface area contributed by atoms with E-state index in [9.17, 15) is 0 Å². The van der Waals surface area contributed by atoms with E-state index in [1.165, 1.54) is 6.20 Å². The molecule has 1 rings (SSSR count). The second-order valence-electron chi connectivity index (χ2n) is 3.25. The number of nitrogens with two attached hydrogens (primary N) is 1. The molecule has 1 aromatic rings. The average molecular weight is 246 g/mol. The van der Waals surface area contributed by atoms with Crippen LogP contribution in [0.5, 0.6) is 0 Å². The van der Waals surface area contributed by atoms with Crippen LogP contribution in [0.25, 0.3) is 0 Å². The fourth-order valence-corrected chi connectivity index (χ4v) is 1.34. The molecule has 1 heterocycles. The highest BCUT2D eigenvalue weighted by Gasteiger charge is 2.03. The molecule has 0 atom stereocenters. The normalized spacial score (nSPS) is 10.2. The molecule has 0 aliphatic heterocycles. The number of hydrogen-bond donors (Lipinski definition) is 4. The molecule has 90 valence electrons. The van der Waals surface area contributed by atoms with Gasteiger partial charge in [-0.2, -0.15) is 4.98 Å². The molecule has 0 radical (unpaired) electrons. The predicted molar refractivity (Wildman–Crippen MR) is 64.3 cm³/mol. The molecule has 16 heavy (non-hydrogen) atoms. The van der Waals surface area contributed by atoms with Crippen LogP contribution in [0.2, 0.25) is 5.02 Å². The van der Waals surface area contributed by atoms with E-state index < -0.39 is 0 Å². The minimum Gasteiger partial charge on any atom is -0.396 e. The van der Waals surface area contributed by atoms with E-state index in [4.69, 9.17) is 22.6 Å². The summed E-state index contributed by atoms with van der Waals surface area (Å²) in [7, 11) is 0. The molecule has 0 spiro atoms. The summed E-state index contributed by atoms with van der Waals surface area (Å²) in [5.74, 6) is 6.07. The quantitative estimate of drug-likeness (QED) is 0.325. The van der Waals surface area contributed by atoms with Gasteiger partial charge in [0.1, 0.15) is 5.02 Å². The van der Waals surface area contributed by atoms with Gasteiger partial charge < -0.3 is 10.4 Å². The lowest BCUT2D eigenvalue weighted by Crippen LogP contribution is -2.12. The van der Waals surface area contributed by atoms with Crippen molar-refractivity contribution in [2.45, 2.75) is 19.3 Å². The molecular weight excluding hydrogens is 230 g/mol. The van der Waals surface area contributed by atoms with E-state index >= 15 is 0 Å². The summed E-state index contributed by atoms with van der Waals surface area (Å²) in [6.07, 6.45) is 4.22. The first-order valence-electron chi connectivity index (χ1n) is 5.12. The van der Waals surface area contributed by atoms with Gasteiger partial charge >= 0.3 is 0 Å². The number of aromatic nitrogens is 2. The van der Waals surface area contributed by atoms with Crippen molar-refractivity contribution in [2.24, 2.45) is 5.84 Å². The number of nitrogen functional groups attached to an aromatic ring is 1. The lowest BCUT2D eigenvalue weighted by atomic mass is 10.2. The minimum absolute atomic E-state index is 0.232. The first-order chi connectivity index (χ1) is 7.77. The Balaban J connectivity index is 2.40. The number of nitrogens with zero attached hydrogens (tertiary/aromatic N) is 2. The van der Waals surface area contributed by atoms with E-state index in [1.807, 2.05) is 0 Å². The Morgan fingerprint density at radius 1 is 1.38 bits per heavy atom. The second kappa shape index (κ2) is 7.21. The summed E-state index contributed by atoms with van der Waals surface area (Å²) in [6, 6.07) is 0. The zero-order valence-electron chi connectivity index (χ0n) is 8.91. The summed E-state index contributed by atoms with van der Waals surface area (Å²) in [5, 5.41) is 12.2. The minimum atomic E-state index is 0.232. The van der Waals surface area contributed by atoms with E-state index in [1.54, 1.807) is 0 Å². The van der Waals surface area contributed by atoms with Crippen LogP contribution in [0.4, 0.5) is 11.8 Å². The van der Waals surface area contributed by atoms with Crippen LogP contribution in [0.15, 0.2) is 6.20 Å². The number of hydrogen-bond acceptors (Lipinski definition) is 6. The van der Waals surface area contributed by atoms with Gasteiger partial charge in [-0.25, -0.2) is 10.8 Å². The van der Waals surface area contributed by atoms with Crippen molar-refractivity contribution in [1.82, 2.24) is 9.97 Å². The lowest BCUT2D eigenvalue weighted by Gasteiger charge is -2.08.